The van der Waals surface area contributed by atoms with E-state index in [-0.39, 0.29) is 0 Å². The van der Waals surface area contributed by atoms with E-state index in [4.69, 9.17) is 5.73 Å². The number of hydrogen-bond donors (Lipinski definition) is 2. The van der Waals surface area contributed by atoms with Crippen LogP contribution in [0.25, 0.3) is 0 Å². The van der Waals surface area contributed by atoms with E-state index in [1.54, 1.807) is 0 Å². The smallest absolute Gasteiger partial charge is 0.0358 e. The molecular weight excluding hydrogens is 240 g/mol. The highest BCUT2D eigenvalue weighted by Crippen LogP contribution is 2.21. The van der Waals surface area contributed by atoms with Crippen molar-refractivity contribution in [1.29, 1.82) is 0 Å². The first-order valence-corrected chi connectivity index (χ1v) is 5.82. The Morgan fingerprint density at radius 3 is 3.00 bits per heavy atom. The number of rotatable bonds is 2. The number of nitrogens with two attached hydrogens (primary N) is 1. The molecule has 0 saturated carbocycles. The topological polar surface area (TPSA) is 38.0 Å². The summed E-state index contributed by atoms with van der Waals surface area (Å²) in [6.07, 6.45) is 3.62. The average molecular weight is 255 g/mol. The van der Waals surface area contributed by atoms with Gasteiger partial charge in [0, 0.05) is 16.2 Å². The summed E-state index contributed by atoms with van der Waals surface area (Å²) in [7, 11) is 0. The lowest BCUT2D eigenvalue weighted by molar-refractivity contribution is 0.604. The third kappa shape index (κ3) is 2.28. The molecule has 1 aromatic carbocycles. The van der Waals surface area contributed by atoms with Gasteiger partial charge in [-0.1, -0.05) is 22.0 Å². The van der Waals surface area contributed by atoms with Gasteiger partial charge < -0.3 is 11.1 Å². The standard InChI is InChI=1S/C11H15BrN2/c12-9-4-3-8(11(13)7-9)6-10-2-1-5-14-10/h3-4,7,10,14H,1-2,5-6,13H2. The molecule has 0 bridgehead atoms. The molecule has 1 aliphatic heterocycles. The molecule has 0 spiro atoms. The van der Waals surface area contributed by atoms with Gasteiger partial charge in [-0.25, -0.2) is 0 Å². The summed E-state index contributed by atoms with van der Waals surface area (Å²) < 4.78 is 1.05. The predicted molar refractivity (Wildman–Crippen MR) is 63.3 cm³/mol. The second kappa shape index (κ2) is 4.32. The van der Waals surface area contributed by atoms with Crippen molar-refractivity contribution < 1.29 is 0 Å². The van der Waals surface area contributed by atoms with Crippen LogP contribution in [-0.2, 0) is 6.42 Å². The molecule has 3 heteroatoms. The number of nitrogen functional groups attached to an aromatic ring is 1. The minimum absolute atomic E-state index is 0.624. The molecule has 0 amide bonds. The van der Waals surface area contributed by atoms with Gasteiger partial charge in [-0.3, -0.25) is 0 Å². The molecule has 2 nitrogen and oxygen atoms in total. The third-order valence-electron chi connectivity index (χ3n) is 2.74. The van der Waals surface area contributed by atoms with E-state index in [9.17, 15) is 0 Å². The van der Waals surface area contributed by atoms with Crippen molar-refractivity contribution in [3.63, 3.8) is 0 Å². The van der Waals surface area contributed by atoms with Crippen LogP contribution in [0.1, 0.15) is 18.4 Å². The Hall–Kier alpha value is -0.540. The normalized spacial score (nSPS) is 21.4. The zero-order chi connectivity index (χ0) is 9.97. The Balaban J connectivity index is 2.08. The molecule has 1 heterocycles. The zero-order valence-electron chi connectivity index (χ0n) is 8.09. The van der Waals surface area contributed by atoms with Gasteiger partial charge in [0.2, 0.25) is 0 Å². The van der Waals surface area contributed by atoms with Crippen LogP contribution in [0, 0.1) is 0 Å². The molecule has 1 unspecified atom stereocenters. The molecular formula is C11H15BrN2. The summed E-state index contributed by atoms with van der Waals surface area (Å²) >= 11 is 3.41. The first-order chi connectivity index (χ1) is 6.75. The minimum Gasteiger partial charge on any atom is -0.398 e. The van der Waals surface area contributed by atoms with E-state index in [1.807, 2.05) is 6.07 Å². The van der Waals surface area contributed by atoms with Crippen molar-refractivity contribution in [2.75, 3.05) is 12.3 Å². The highest BCUT2D eigenvalue weighted by atomic mass is 79.9. The largest absolute Gasteiger partial charge is 0.398 e. The second-order valence-electron chi connectivity index (χ2n) is 3.84. The Labute approximate surface area is 93.0 Å². The first kappa shape index (κ1) is 9.99. The molecule has 1 fully saturated rings. The van der Waals surface area contributed by atoms with E-state index in [1.165, 1.54) is 18.4 Å². The fraction of sp³-hybridized carbons (Fsp3) is 0.455. The highest BCUT2D eigenvalue weighted by molar-refractivity contribution is 9.10. The lowest BCUT2D eigenvalue weighted by Gasteiger charge is -2.12. The first-order valence-electron chi connectivity index (χ1n) is 5.03. The molecule has 0 radical (unpaired) electrons. The van der Waals surface area contributed by atoms with Crippen molar-refractivity contribution in [3.8, 4) is 0 Å². The number of benzene rings is 1. The fourth-order valence-electron chi connectivity index (χ4n) is 1.95. The van der Waals surface area contributed by atoms with Crippen LogP contribution < -0.4 is 11.1 Å². The van der Waals surface area contributed by atoms with Gasteiger partial charge in [0.05, 0.1) is 0 Å². The molecule has 0 aromatic heterocycles. The molecule has 14 heavy (non-hydrogen) atoms. The summed E-state index contributed by atoms with van der Waals surface area (Å²) in [4.78, 5) is 0. The summed E-state index contributed by atoms with van der Waals surface area (Å²) in [6.45, 7) is 1.15. The molecule has 2 rings (SSSR count). The summed E-state index contributed by atoms with van der Waals surface area (Å²) in [6, 6.07) is 6.77. The molecule has 1 saturated heterocycles. The van der Waals surface area contributed by atoms with Crippen LogP contribution in [0.2, 0.25) is 0 Å². The zero-order valence-corrected chi connectivity index (χ0v) is 9.68. The highest BCUT2D eigenvalue weighted by Gasteiger charge is 2.15. The predicted octanol–water partition coefficient (Wildman–Crippen LogP) is 2.33. The minimum atomic E-state index is 0.624. The number of hydrogen-bond acceptors (Lipinski definition) is 2. The second-order valence-corrected chi connectivity index (χ2v) is 4.76. The number of halogens is 1. The summed E-state index contributed by atoms with van der Waals surface area (Å²) in [5.41, 5.74) is 8.10. The average Bonchev–Trinajstić information content (AvgIpc) is 2.62. The summed E-state index contributed by atoms with van der Waals surface area (Å²) in [5.74, 6) is 0. The van der Waals surface area contributed by atoms with Gasteiger partial charge in [0.25, 0.3) is 0 Å². The quantitative estimate of drug-likeness (QED) is 0.796. The third-order valence-corrected chi connectivity index (χ3v) is 3.23. The van der Waals surface area contributed by atoms with Crippen molar-refractivity contribution >= 4 is 21.6 Å². The maximum Gasteiger partial charge on any atom is 0.0358 e. The van der Waals surface area contributed by atoms with Crippen molar-refractivity contribution in [2.45, 2.75) is 25.3 Å². The van der Waals surface area contributed by atoms with Crippen LogP contribution in [0.5, 0.6) is 0 Å². The number of nitrogens with one attached hydrogen (secondary N) is 1. The van der Waals surface area contributed by atoms with Crippen LogP contribution in [0.15, 0.2) is 22.7 Å². The lowest BCUT2D eigenvalue weighted by atomic mass is 10.0. The van der Waals surface area contributed by atoms with Gasteiger partial charge in [0.15, 0.2) is 0 Å². The monoisotopic (exact) mass is 254 g/mol. The van der Waals surface area contributed by atoms with E-state index in [0.717, 1.165) is 23.1 Å². The molecule has 1 atom stereocenters. The van der Waals surface area contributed by atoms with Crippen LogP contribution in [-0.4, -0.2) is 12.6 Å². The van der Waals surface area contributed by atoms with Gasteiger partial charge >= 0.3 is 0 Å². The van der Waals surface area contributed by atoms with E-state index < -0.39 is 0 Å². The van der Waals surface area contributed by atoms with Crippen molar-refractivity contribution in [3.05, 3.63) is 28.2 Å². The van der Waals surface area contributed by atoms with Crippen LogP contribution in [0.4, 0.5) is 5.69 Å². The molecule has 0 aliphatic carbocycles. The Morgan fingerprint density at radius 1 is 1.50 bits per heavy atom. The van der Waals surface area contributed by atoms with Crippen LogP contribution in [0.3, 0.4) is 0 Å². The van der Waals surface area contributed by atoms with Gasteiger partial charge in [0.1, 0.15) is 0 Å². The van der Waals surface area contributed by atoms with E-state index in [2.05, 4.69) is 33.4 Å². The van der Waals surface area contributed by atoms with Crippen molar-refractivity contribution in [1.82, 2.24) is 5.32 Å². The maximum atomic E-state index is 5.94. The lowest BCUT2D eigenvalue weighted by Crippen LogP contribution is -2.24. The molecule has 76 valence electrons. The Kier molecular flexibility index (Phi) is 3.08. The van der Waals surface area contributed by atoms with Gasteiger partial charge in [-0.15, -0.1) is 0 Å². The Morgan fingerprint density at radius 2 is 2.36 bits per heavy atom. The van der Waals surface area contributed by atoms with E-state index in [0.29, 0.717) is 6.04 Å². The molecule has 3 N–H and O–H groups in total. The van der Waals surface area contributed by atoms with Crippen molar-refractivity contribution in [2.24, 2.45) is 0 Å². The van der Waals surface area contributed by atoms with E-state index >= 15 is 0 Å². The van der Waals surface area contributed by atoms with Gasteiger partial charge in [-0.2, -0.15) is 0 Å². The van der Waals surface area contributed by atoms with Gasteiger partial charge in [-0.05, 0) is 43.5 Å². The SMILES string of the molecule is Nc1cc(Br)ccc1CC1CCCN1. The fourth-order valence-corrected chi connectivity index (χ4v) is 2.33. The maximum absolute atomic E-state index is 5.94. The molecule has 1 aromatic rings. The van der Waals surface area contributed by atoms with Crippen LogP contribution >= 0.6 is 15.9 Å². The molecule has 1 aliphatic rings. The number of anilines is 1. The summed E-state index contributed by atoms with van der Waals surface area (Å²) in [5, 5.41) is 3.48. The Bertz CT molecular complexity index is 319.